The van der Waals surface area contributed by atoms with E-state index in [-0.39, 0.29) is 17.9 Å². The van der Waals surface area contributed by atoms with Crippen molar-refractivity contribution in [2.45, 2.75) is 26.3 Å². The summed E-state index contributed by atoms with van der Waals surface area (Å²) in [6.45, 7) is 2.57. The molecule has 21 heavy (non-hydrogen) atoms. The van der Waals surface area contributed by atoms with Crippen LogP contribution in [-0.4, -0.2) is 17.0 Å². The summed E-state index contributed by atoms with van der Waals surface area (Å²) in [5.74, 6) is -1.18. The third-order valence-corrected chi connectivity index (χ3v) is 4.23. The normalized spacial score (nSPS) is 10.3. The minimum Gasteiger partial charge on any atom is -0.478 e. The van der Waals surface area contributed by atoms with Crippen molar-refractivity contribution in [3.05, 3.63) is 57.3 Å². The van der Waals surface area contributed by atoms with E-state index in [0.717, 1.165) is 11.3 Å². The van der Waals surface area contributed by atoms with Gasteiger partial charge in [-0.05, 0) is 35.1 Å². The lowest BCUT2D eigenvalue weighted by Crippen LogP contribution is -2.25. The molecule has 1 heterocycles. The molecule has 0 spiro atoms. The molecule has 0 aliphatic carbocycles. The Morgan fingerprint density at radius 3 is 2.67 bits per heavy atom. The van der Waals surface area contributed by atoms with E-state index in [4.69, 9.17) is 5.11 Å². The molecule has 0 saturated carbocycles. The number of benzene rings is 1. The number of nitrogens with one attached hydrogen (secondary N) is 1. The Balaban J connectivity index is 1.98. The summed E-state index contributed by atoms with van der Waals surface area (Å²) in [5, 5.41) is 14.0. The van der Waals surface area contributed by atoms with Crippen LogP contribution >= 0.6 is 11.3 Å². The molecule has 2 rings (SSSR count). The number of aryl methyl sites for hydroxylation is 1. The van der Waals surface area contributed by atoms with Gasteiger partial charge < -0.3 is 10.4 Å². The topological polar surface area (TPSA) is 66.4 Å². The van der Waals surface area contributed by atoms with Crippen LogP contribution in [0.15, 0.2) is 35.7 Å². The molecule has 4 nitrogen and oxygen atoms in total. The molecule has 0 saturated heterocycles. The van der Waals surface area contributed by atoms with Crippen LogP contribution in [0.4, 0.5) is 0 Å². The summed E-state index contributed by atoms with van der Waals surface area (Å²) in [7, 11) is 0. The Labute approximate surface area is 127 Å². The van der Waals surface area contributed by atoms with Crippen LogP contribution in [0.25, 0.3) is 0 Å². The van der Waals surface area contributed by atoms with Crippen molar-refractivity contribution in [1.82, 2.24) is 5.32 Å². The predicted molar refractivity (Wildman–Crippen MR) is 82.6 cm³/mol. The second-order valence-electron chi connectivity index (χ2n) is 4.64. The van der Waals surface area contributed by atoms with Crippen LogP contribution in [0.1, 0.15) is 33.3 Å². The Bertz CT molecular complexity index is 648. The van der Waals surface area contributed by atoms with E-state index in [1.807, 2.05) is 5.38 Å². The zero-order valence-corrected chi connectivity index (χ0v) is 12.6. The lowest BCUT2D eigenvalue weighted by molar-refractivity contribution is -0.120. The van der Waals surface area contributed by atoms with Gasteiger partial charge in [-0.15, -0.1) is 11.3 Å². The Hall–Kier alpha value is -2.14. The zero-order chi connectivity index (χ0) is 15.2. The van der Waals surface area contributed by atoms with Crippen molar-refractivity contribution in [3.63, 3.8) is 0 Å². The number of hydrogen-bond donors (Lipinski definition) is 2. The number of carbonyl (C=O) groups is 2. The van der Waals surface area contributed by atoms with Gasteiger partial charge in [-0.3, -0.25) is 4.79 Å². The highest BCUT2D eigenvalue weighted by Gasteiger charge is 2.12. The number of carboxylic acids is 1. The molecule has 0 bridgehead atoms. The van der Waals surface area contributed by atoms with Crippen molar-refractivity contribution in [1.29, 1.82) is 0 Å². The first kappa shape index (κ1) is 15.3. The van der Waals surface area contributed by atoms with Gasteiger partial charge in [0.2, 0.25) is 5.91 Å². The van der Waals surface area contributed by atoms with Crippen molar-refractivity contribution in [2.75, 3.05) is 0 Å². The van der Waals surface area contributed by atoms with Crippen LogP contribution in [0.3, 0.4) is 0 Å². The maximum atomic E-state index is 12.0. The second kappa shape index (κ2) is 7.04. The van der Waals surface area contributed by atoms with E-state index >= 15 is 0 Å². The molecule has 0 unspecified atom stereocenters. The lowest BCUT2D eigenvalue weighted by atomic mass is 10.0. The summed E-state index contributed by atoms with van der Waals surface area (Å²) in [6.07, 6.45) is 1.02. The van der Waals surface area contributed by atoms with E-state index in [2.05, 4.69) is 18.3 Å². The van der Waals surface area contributed by atoms with Crippen molar-refractivity contribution < 1.29 is 14.7 Å². The van der Waals surface area contributed by atoms with Gasteiger partial charge in [-0.1, -0.05) is 25.1 Å². The Morgan fingerprint density at radius 2 is 1.95 bits per heavy atom. The van der Waals surface area contributed by atoms with Crippen LogP contribution in [0.2, 0.25) is 0 Å². The molecule has 5 heteroatoms. The quantitative estimate of drug-likeness (QED) is 0.862. The molecular weight excluding hydrogens is 286 g/mol. The van der Waals surface area contributed by atoms with Gasteiger partial charge in [-0.25, -0.2) is 4.79 Å². The van der Waals surface area contributed by atoms with Gasteiger partial charge in [0.05, 0.1) is 18.5 Å². The number of rotatable bonds is 6. The predicted octanol–water partition coefficient (Wildman–Crippen LogP) is 2.87. The van der Waals surface area contributed by atoms with Gasteiger partial charge >= 0.3 is 5.97 Å². The van der Waals surface area contributed by atoms with Gasteiger partial charge in [0.1, 0.15) is 0 Å². The second-order valence-corrected chi connectivity index (χ2v) is 5.64. The molecule has 0 fully saturated rings. The van der Waals surface area contributed by atoms with Gasteiger partial charge in [0, 0.05) is 4.88 Å². The Kier molecular flexibility index (Phi) is 5.11. The first-order chi connectivity index (χ1) is 10.1. The molecule has 1 aromatic carbocycles. The van der Waals surface area contributed by atoms with E-state index in [0.29, 0.717) is 12.1 Å². The fraction of sp³-hybridized carbons (Fsp3) is 0.250. The number of aromatic carboxylic acids is 1. The summed E-state index contributed by atoms with van der Waals surface area (Å²) < 4.78 is 0. The van der Waals surface area contributed by atoms with E-state index in [9.17, 15) is 9.59 Å². The molecule has 110 valence electrons. The van der Waals surface area contributed by atoms with E-state index in [1.165, 1.54) is 11.6 Å². The molecule has 0 radical (unpaired) electrons. The monoisotopic (exact) mass is 303 g/mol. The summed E-state index contributed by atoms with van der Waals surface area (Å²) in [5.41, 5.74) is 1.95. The maximum Gasteiger partial charge on any atom is 0.335 e. The van der Waals surface area contributed by atoms with Gasteiger partial charge in [-0.2, -0.15) is 0 Å². The average molecular weight is 303 g/mol. The van der Waals surface area contributed by atoms with Crippen molar-refractivity contribution >= 4 is 23.2 Å². The molecule has 1 amide bonds. The smallest absolute Gasteiger partial charge is 0.335 e. The Morgan fingerprint density at radius 1 is 1.19 bits per heavy atom. The first-order valence-electron chi connectivity index (χ1n) is 6.75. The maximum absolute atomic E-state index is 12.0. The number of carbonyl (C=O) groups excluding carboxylic acids is 1. The molecule has 1 aromatic heterocycles. The number of hydrogen-bond acceptors (Lipinski definition) is 3. The highest BCUT2D eigenvalue weighted by atomic mass is 32.1. The minimum atomic E-state index is -1.01. The highest BCUT2D eigenvalue weighted by Crippen LogP contribution is 2.17. The largest absolute Gasteiger partial charge is 0.478 e. The molecule has 2 aromatic rings. The first-order valence-corrected chi connectivity index (χ1v) is 7.63. The lowest BCUT2D eigenvalue weighted by Gasteiger charge is -2.07. The van der Waals surface area contributed by atoms with E-state index < -0.39 is 5.97 Å². The summed E-state index contributed by atoms with van der Waals surface area (Å²) in [4.78, 5) is 24.2. The summed E-state index contributed by atoms with van der Waals surface area (Å²) in [6, 6.07) is 8.64. The fourth-order valence-electron chi connectivity index (χ4n) is 2.13. The van der Waals surface area contributed by atoms with Gasteiger partial charge in [0.15, 0.2) is 0 Å². The molecule has 0 aliphatic rings. The minimum absolute atomic E-state index is 0.0787. The van der Waals surface area contributed by atoms with Crippen LogP contribution in [0, 0.1) is 0 Å². The highest BCUT2D eigenvalue weighted by molar-refractivity contribution is 7.10. The number of thiophene rings is 1. The molecule has 0 aliphatic heterocycles. The standard InChI is InChI=1S/C16H17NO3S/c1-2-11-7-8-21-14(11)10-17-15(18)9-12-5-3-4-6-13(12)16(19)20/h3-8H,2,9-10H2,1H3,(H,17,18)(H,19,20). The molecule has 2 N–H and O–H groups in total. The van der Waals surface area contributed by atoms with Crippen molar-refractivity contribution in [3.8, 4) is 0 Å². The fourth-order valence-corrected chi connectivity index (χ4v) is 3.05. The third kappa shape index (κ3) is 3.92. The van der Waals surface area contributed by atoms with Crippen LogP contribution < -0.4 is 5.32 Å². The van der Waals surface area contributed by atoms with Crippen molar-refractivity contribution in [2.24, 2.45) is 0 Å². The number of amides is 1. The van der Waals surface area contributed by atoms with Crippen LogP contribution in [0.5, 0.6) is 0 Å². The SMILES string of the molecule is CCc1ccsc1CNC(=O)Cc1ccccc1C(=O)O. The third-order valence-electron chi connectivity index (χ3n) is 3.26. The van der Waals surface area contributed by atoms with Crippen LogP contribution in [-0.2, 0) is 24.2 Å². The summed E-state index contributed by atoms with van der Waals surface area (Å²) >= 11 is 1.62. The van der Waals surface area contributed by atoms with Gasteiger partial charge in [0.25, 0.3) is 0 Å². The molecule has 0 atom stereocenters. The molecular formula is C16H17NO3S. The van der Waals surface area contributed by atoms with E-state index in [1.54, 1.807) is 29.5 Å². The number of carboxylic acid groups (broad SMARTS) is 1. The average Bonchev–Trinajstić information content (AvgIpc) is 2.93. The zero-order valence-electron chi connectivity index (χ0n) is 11.8.